The molecule has 0 unspecified atom stereocenters. The molecule has 0 fully saturated rings. The molecule has 2 heterocycles. The molecule has 3 N–H and O–H groups in total. The van der Waals surface area contributed by atoms with Crippen molar-refractivity contribution in [1.82, 2.24) is 19.9 Å². The average molecular weight is 343 g/mol. The van der Waals surface area contributed by atoms with Gasteiger partial charge in [-0.1, -0.05) is 25.2 Å². The van der Waals surface area contributed by atoms with Crippen molar-refractivity contribution in [1.29, 1.82) is 0 Å². The molecular weight excluding hydrogens is 318 g/mol. The van der Waals surface area contributed by atoms with Crippen LogP contribution in [0.4, 0.5) is 5.82 Å². The summed E-state index contributed by atoms with van der Waals surface area (Å²) in [5.74, 6) is 6.23. The number of hydrogen-bond acceptors (Lipinski definition) is 5. The Balaban J connectivity index is 2.02. The minimum atomic E-state index is -0.169. The Morgan fingerprint density at radius 1 is 1.44 bits per heavy atom. The summed E-state index contributed by atoms with van der Waals surface area (Å²) in [4.78, 5) is 20.0. The van der Waals surface area contributed by atoms with Crippen LogP contribution < -0.4 is 11.1 Å². The van der Waals surface area contributed by atoms with Gasteiger partial charge in [0.2, 0.25) is 5.91 Å². The lowest BCUT2D eigenvalue weighted by Gasteiger charge is -2.07. The van der Waals surface area contributed by atoms with Gasteiger partial charge in [0.15, 0.2) is 0 Å². The van der Waals surface area contributed by atoms with Gasteiger partial charge in [-0.2, -0.15) is 0 Å². The van der Waals surface area contributed by atoms with Crippen LogP contribution in [0.3, 0.4) is 0 Å². The van der Waals surface area contributed by atoms with Crippen molar-refractivity contribution in [3.05, 3.63) is 18.1 Å². The average Bonchev–Trinajstić information content (AvgIpc) is 2.96. The summed E-state index contributed by atoms with van der Waals surface area (Å²) < 4.78 is 7.27. The number of hydrogen-bond donors (Lipinski definition) is 2. The van der Waals surface area contributed by atoms with E-state index in [0.717, 1.165) is 29.4 Å². The number of nitrogens with two attached hydrogens (primary N) is 1. The van der Waals surface area contributed by atoms with Gasteiger partial charge < -0.3 is 20.4 Å². The maximum absolute atomic E-state index is 11.6. The molecule has 0 spiro atoms. The highest BCUT2D eigenvalue weighted by molar-refractivity contribution is 5.92. The molecule has 0 aliphatic carbocycles. The Bertz CT molecular complexity index is 786. The van der Waals surface area contributed by atoms with E-state index in [1.54, 1.807) is 0 Å². The van der Waals surface area contributed by atoms with Crippen molar-refractivity contribution < 1.29 is 9.53 Å². The molecule has 25 heavy (non-hydrogen) atoms. The highest BCUT2D eigenvalue weighted by atomic mass is 16.5. The lowest BCUT2D eigenvalue weighted by Crippen LogP contribution is -2.28. The second-order valence-corrected chi connectivity index (χ2v) is 5.99. The summed E-state index contributed by atoms with van der Waals surface area (Å²) in [5.41, 5.74) is 7.51. The fourth-order valence-corrected chi connectivity index (χ4v) is 2.34. The molecule has 0 saturated heterocycles. The second-order valence-electron chi connectivity index (χ2n) is 5.99. The van der Waals surface area contributed by atoms with Gasteiger partial charge in [0.25, 0.3) is 0 Å². The summed E-state index contributed by atoms with van der Waals surface area (Å²) in [6.45, 7) is 7.12. The minimum Gasteiger partial charge on any atom is -0.383 e. The van der Waals surface area contributed by atoms with Crippen molar-refractivity contribution in [2.75, 3.05) is 25.5 Å². The van der Waals surface area contributed by atoms with Crippen molar-refractivity contribution >= 4 is 22.8 Å². The summed E-state index contributed by atoms with van der Waals surface area (Å²) in [7, 11) is 0. The van der Waals surface area contributed by atoms with Crippen LogP contribution in [0.1, 0.15) is 45.2 Å². The summed E-state index contributed by atoms with van der Waals surface area (Å²) in [5, 5.41) is 3.46. The van der Waals surface area contributed by atoms with E-state index in [1.807, 2.05) is 10.8 Å². The smallest absolute Gasteiger partial charge is 0.246 e. The van der Waals surface area contributed by atoms with E-state index in [1.165, 1.54) is 6.33 Å². The monoisotopic (exact) mass is 343 g/mol. The van der Waals surface area contributed by atoms with Gasteiger partial charge in [0.1, 0.15) is 24.4 Å². The molecule has 7 nitrogen and oxygen atoms in total. The summed E-state index contributed by atoms with van der Waals surface area (Å²) >= 11 is 0. The number of fused-ring (bicyclic) bond motifs is 1. The minimum absolute atomic E-state index is 0.0646. The molecule has 0 bridgehead atoms. The Labute approximate surface area is 148 Å². The van der Waals surface area contributed by atoms with E-state index in [0.29, 0.717) is 12.4 Å². The Hall–Kier alpha value is -2.59. The number of carbonyl (C=O) groups excluding carboxylic acids is 1. The fourth-order valence-electron chi connectivity index (χ4n) is 2.34. The topological polar surface area (TPSA) is 95.1 Å². The van der Waals surface area contributed by atoms with Crippen molar-refractivity contribution in [3.8, 4) is 11.8 Å². The molecule has 0 aromatic carbocycles. The molecule has 2 rings (SSSR count). The second kappa shape index (κ2) is 9.04. The number of carbonyl (C=O) groups is 1. The number of ether oxygens (including phenoxy) is 1. The van der Waals surface area contributed by atoms with Gasteiger partial charge >= 0.3 is 0 Å². The van der Waals surface area contributed by atoms with E-state index in [2.05, 4.69) is 47.9 Å². The zero-order valence-corrected chi connectivity index (χ0v) is 15.0. The highest BCUT2D eigenvalue weighted by Gasteiger charge is 2.13. The molecular formula is C18H25N5O2. The lowest BCUT2D eigenvalue weighted by molar-refractivity contribution is -0.125. The zero-order valence-electron chi connectivity index (χ0n) is 15.0. The quantitative estimate of drug-likeness (QED) is 0.591. The van der Waals surface area contributed by atoms with Crippen LogP contribution in [0.25, 0.3) is 11.0 Å². The Morgan fingerprint density at radius 3 is 2.96 bits per heavy atom. The molecule has 0 atom stereocenters. The van der Waals surface area contributed by atoms with Crippen molar-refractivity contribution in [2.45, 2.75) is 39.7 Å². The Kier molecular flexibility index (Phi) is 6.78. The third-order valence-electron chi connectivity index (χ3n) is 3.67. The number of unbranched alkanes of at least 4 members (excludes halogenated alkanes) is 1. The number of nitrogens with one attached hydrogen (secondary N) is 1. The number of nitrogen functional groups attached to an aromatic ring is 1. The maximum Gasteiger partial charge on any atom is 0.246 e. The Morgan fingerprint density at radius 2 is 2.24 bits per heavy atom. The van der Waals surface area contributed by atoms with Crippen LogP contribution >= 0.6 is 0 Å². The van der Waals surface area contributed by atoms with Gasteiger partial charge in [-0.25, -0.2) is 9.97 Å². The van der Waals surface area contributed by atoms with E-state index in [4.69, 9.17) is 10.5 Å². The first-order valence-electron chi connectivity index (χ1n) is 8.48. The molecule has 2 aromatic rings. The van der Waals surface area contributed by atoms with Gasteiger partial charge in [0.05, 0.1) is 17.5 Å². The van der Waals surface area contributed by atoms with Crippen molar-refractivity contribution in [2.24, 2.45) is 0 Å². The van der Waals surface area contributed by atoms with Crippen LogP contribution in [0.5, 0.6) is 0 Å². The highest BCUT2D eigenvalue weighted by Crippen LogP contribution is 2.25. The van der Waals surface area contributed by atoms with Gasteiger partial charge in [0, 0.05) is 18.8 Å². The van der Waals surface area contributed by atoms with Gasteiger partial charge in [-0.15, -0.1) is 0 Å². The first kappa shape index (κ1) is 18.7. The molecule has 0 radical (unpaired) electrons. The first-order chi connectivity index (χ1) is 12.0. The SMILES string of the molecule is CCCCOCC(=O)NCC#Cc1cn(C(C)C)c2ncnc(N)c12. The fraction of sp³-hybridized carbons (Fsp3) is 0.500. The predicted molar refractivity (Wildman–Crippen MR) is 97.9 cm³/mol. The number of aromatic nitrogens is 3. The number of rotatable bonds is 7. The molecule has 0 aliphatic heterocycles. The standard InChI is InChI=1S/C18H25N5O2/c1-4-5-9-25-11-15(24)20-8-6-7-14-10-23(13(2)3)18-16(14)17(19)21-12-22-18/h10,12-13H,4-5,8-9,11H2,1-3H3,(H,20,24)(H2,19,21,22). The zero-order chi connectivity index (χ0) is 18.2. The molecule has 134 valence electrons. The molecule has 2 aromatic heterocycles. The number of amides is 1. The van der Waals surface area contributed by atoms with Crippen LogP contribution in [0.15, 0.2) is 12.5 Å². The number of anilines is 1. The van der Waals surface area contributed by atoms with Crippen molar-refractivity contribution in [3.63, 3.8) is 0 Å². The molecule has 7 heteroatoms. The maximum atomic E-state index is 11.6. The first-order valence-corrected chi connectivity index (χ1v) is 8.48. The molecule has 1 amide bonds. The van der Waals surface area contributed by atoms with Gasteiger partial charge in [-0.05, 0) is 20.3 Å². The van der Waals surface area contributed by atoms with Crippen LogP contribution in [-0.2, 0) is 9.53 Å². The molecule has 0 saturated carbocycles. The van der Waals surface area contributed by atoms with E-state index < -0.39 is 0 Å². The third kappa shape index (κ3) is 4.94. The normalized spacial score (nSPS) is 10.7. The summed E-state index contributed by atoms with van der Waals surface area (Å²) in [6.07, 6.45) is 5.37. The van der Waals surface area contributed by atoms with Crippen LogP contribution in [0, 0.1) is 11.8 Å². The van der Waals surface area contributed by atoms with E-state index in [-0.39, 0.29) is 25.1 Å². The third-order valence-corrected chi connectivity index (χ3v) is 3.67. The molecule has 0 aliphatic rings. The largest absolute Gasteiger partial charge is 0.383 e. The predicted octanol–water partition coefficient (Wildman–Crippen LogP) is 1.88. The van der Waals surface area contributed by atoms with Gasteiger partial charge in [-0.3, -0.25) is 4.79 Å². The van der Waals surface area contributed by atoms with Crippen LogP contribution in [0.2, 0.25) is 0 Å². The van der Waals surface area contributed by atoms with E-state index in [9.17, 15) is 4.79 Å². The lowest BCUT2D eigenvalue weighted by atomic mass is 10.2. The van der Waals surface area contributed by atoms with Crippen LogP contribution in [-0.4, -0.2) is 40.2 Å². The van der Waals surface area contributed by atoms with E-state index >= 15 is 0 Å². The summed E-state index contributed by atoms with van der Waals surface area (Å²) in [6, 6.07) is 0.229. The number of nitrogens with zero attached hydrogens (tertiary/aromatic N) is 3.